The third-order valence-corrected chi connectivity index (χ3v) is 9.41. The Morgan fingerprint density at radius 2 is 1.82 bits per heavy atom. The number of rotatable bonds is 6. The van der Waals surface area contributed by atoms with Crippen LogP contribution in [0.3, 0.4) is 0 Å². The lowest BCUT2D eigenvalue weighted by Gasteiger charge is -2.34. The van der Waals surface area contributed by atoms with Gasteiger partial charge in [-0.15, -0.1) is 0 Å². The number of sulfonamides is 1. The number of urea groups is 1. The van der Waals surface area contributed by atoms with Crippen LogP contribution in [0.5, 0.6) is 0 Å². The van der Waals surface area contributed by atoms with Gasteiger partial charge in [-0.3, -0.25) is 14.5 Å². The van der Waals surface area contributed by atoms with Crippen LogP contribution in [-0.4, -0.2) is 60.6 Å². The van der Waals surface area contributed by atoms with Crippen LogP contribution in [0.4, 0.5) is 10.5 Å². The Bertz CT molecular complexity index is 1070. The Kier molecular flexibility index (Phi) is 7.00. The molecule has 2 aliphatic heterocycles. The Morgan fingerprint density at radius 1 is 1.15 bits per heavy atom. The second-order valence-corrected chi connectivity index (χ2v) is 11.7. The predicted molar refractivity (Wildman–Crippen MR) is 128 cm³/mol. The Morgan fingerprint density at radius 3 is 2.47 bits per heavy atom. The zero-order valence-corrected chi connectivity index (χ0v) is 20.7. The van der Waals surface area contributed by atoms with E-state index in [9.17, 15) is 22.8 Å². The summed E-state index contributed by atoms with van der Waals surface area (Å²) >= 11 is 0. The lowest BCUT2D eigenvalue weighted by molar-refractivity contribution is -0.135. The van der Waals surface area contributed by atoms with E-state index in [0.29, 0.717) is 43.1 Å². The molecule has 1 aromatic rings. The van der Waals surface area contributed by atoms with Crippen molar-refractivity contribution in [1.29, 1.82) is 0 Å². The molecule has 1 aromatic carbocycles. The van der Waals surface area contributed by atoms with Crippen LogP contribution < -0.4 is 10.6 Å². The quantitative estimate of drug-likeness (QED) is 0.595. The van der Waals surface area contributed by atoms with Gasteiger partial charge in [-0.25, -0.2) is 13.2 Å². The first-order chi connectivity index (χ1) is 16.2. The van der Waals surface area contributed by atoms with E-state index in [2.05, 4.69) is 17.6 Å². The van der Waals surface area contributed by atoms with Crippen LogP contribution in [0, 0.1) is 12.8 Å². The summed E-state index contributed by atoms with van der Waals surface area (Å²) in [6.45, 7) is 4.47. The van der Waals surface area contributed by atoms with Crippen molar-refractivity contribution in [2.45, 2.75) is 75.6 Å². The van der Waals surface area contributed by atoms with Gasteiger partial charge in [0.05, 0.1) is 4.90 Å². The van der Waals surface area contributed by atoms with Crippen molar-refractivity contribution in [3.8, 4) is 0 Å². The number of nitrogens with one attached hydrogen (secondary N) is 2. The number of benzene rings is 1. The summed E-state index contributed by atoms with van der Waals surface area (Å²) < 4.78 is 27.5. The van der Waals surface area contributed by atoms with Crippen molar-refractivity contribution >= 4 is 33.6 Å². The van der Waals surface area contributed by atoms with Gasteiger partial charge in [0.2, 0.25) is 15.9 Å². The van der Waals surface area contributed by atoms with E-state index >= 15 is 0 Å². The summed E-state index contributed by atoms with van der Waals surface area (Å²) in [5.74, 6) is -0.331. The van der Waals surface area contributed by atoms with Gasteiger partial charge >= 0.3 is 6.03 Å². The molecule has 186 valence electrons. The number of carbonyl (C=O) groups is 3. The van der Waals surface area contributed by atoms with E-state index in [1.807, 2.05) is 0 Å². The molecule has 10 heteroatoms. The zero-order chi connectivity index (χ0) is 24.5. The fourth-order valence-electron chi connectivity index (χ4n) is 5.22. The highest BCUT2D eigenvalue weighted by Gasteiger charge is 2.52. The zero-order valence-electron chi connectivity index (χ0n) is 19.9. The first kappa shape index (κ1) is 24.7. The molecule has 0 aromatic heterocycles. The summed E-state index contributed by atoms with van der Waals surface area (Å²) in [4.78, 5) is 39.5. The molecule has 3 fully saturated rings. The third kappa shape index (κ3) is 4.70. The maximum Gasteiger partial charge on any atom is 0.325 e. The average Bonchev–Trinajstić information content (AvgIpc) is 3.05. The van der Waals surface area contributed by atoms with Gasteiger partial charge in [-0.1, -0.05) is 25.8 Å². The summed E-state index contributed by atoms with van der Waals surface area (Å²) in [6.07, 6.45) is 6.66. The lowest BCUT2D eigenvalue weighted by Crippen LogP contribution is -2.49. The predicted octanol–water partition coefficient (Wildman–Crippen LogP) is 3.00. The highest BCUT2D eigenvalue weighted by molar-refractivity contribution is 7.89. The molecule has 3 aliphatic rings. The highest BCUT2D eigenvalue weighted by atomic mass is 32.2. The van der Waals surface area contributed by atoms with Gasteiger partial charge in [0.15, 0.2) is 0 Å². The molecule has 1 saturated carbocycles. The maximum absolute atomic E-state index is 13.1. The van der Waals surface area contributed by atoms with Crippen molar-refractivity contribution < 1.29 is 22.8 Å². The number of amides is 4. The van der Waals surface area contributed by atoms with Crippen LogP contribution in [0.15, 0.2) is 23.1 Å². The number of hydrogen-bond donors (Lipinski definition) is 2. The van der Waals surface area contributed by atoms with Crippen molar-refractivity contribution in [2.24, 2.45) is 5.92 Å². The summed E-state index contributed by atoms with van der Waals surface area (Å²) in [5.41, 5.74) is 0.146. The van der Waals surface area contributed by atoms with E-state index in [1.165, 1.54) is 10.4 Å². The molecule has 0 unspecified atom stereocenters. The fourth-order valence-corrected chi connectivity index (χ4v) is 6.77. The van der Waals surface area contributed by atoms with Crippen LogP contribution in [0.1, 0.15) is 63.9 Å². The summed E-state index contributed by atoms with van der Waals surface area (Å²) in [7, 11) is -3.65. The lowest BCUT2D eigenvalue weighted by atomic mass is 9.75. The van der Waals surface area contributed by atoms with Crippen LogP contribution in [0.25, 0.3) is 0 Å². The van der Waals surface area contributed by atoms with Crippen molar-refractivity contribution in [3.05, 3.63) is 23.8 Å². The molecular formula is C24H34N4O5S. The molecule has 2 heterocycles. The monoisotopic (exact) mass is 490 g/mol. The molecular weight excluding hydrogens is 456 g/mol. The van der Waals surface area contributed by atoms with Crippen molar-refractivity contribution in [2.75, 3.05) is 25.0 Å². The molecule has 0 atom stereocenters. The van der Waals surface area contributed by atoms with Crippen LogP contribution in [-0.2, 0) is 19.6 Å². The standard InChI is InChI=1S/C24H34N4O5S/c1-3-18-9-11-24(12-10-18)22(30)28(23(31)26-24)16-21(29)25-20-15-19(8-7-17(20)2)34(32,33)27-13-5-4-6-14-27/h7-8,15,18H,3-6,9-14,16H2,1-2H3,(H,25,29)(H,26,31). The molecule has 9 nitrogen and oxygen atoms in total. The second-order valence-electron chi connectivity index (χ2n) is 9.74. The summed E-state index contributed by atoms with van der Waals surface area (Å²) in [6, 6.07) is 4.11. The third-order valence-electron chi connectivity index (χ3n) is 7.52. The largest absolute Gasteiger partial charge is 0.325 e. The number of hydrogen-bond acceptors (Lipinski definition) is 5. The highest BCUT2D eigenvalue weighted by Crippen LogP contribution is 2.37. The van der Waals surface area contributed by atoms with E-state index < -0.39 is 34.0 Å². The van der Waals surface area contributed by atoms with Crippen LogP contribution in [0.2, 0.25) is 0 Å². The van der Waals surface area contributed by atoms with Gasteiger partial charge in [0, 0.05) is 18.8 Å². The topological polar surface area (TPSA) is 116 Å². The molecule has 0 bridgehead atoms. The minimum absolute atomic E-state index is 0.122. The van der Waals surface area contributed by atoms with Gasteiger partial charge < -0.3 is 10.6 Å². The van der Waals surface area contributed by atoms with Gasteiger partial charge in [0.1, 0.15) is 12.1 Å². The molecule has 4 rings (SSSR count). The first-order valence-electron chi connectivity index (χ1n) is 12.2. The number of anilines is 1. The van der Waals surface area contributed by atoms with E-state index in [0.717, 1.165) is 43.4 Å². The molecule has 0 radical (unpaired) electrons. The Labute approximate surface area is 201 Å². The minimum Gasteiger partial charge on any atom is -0.324 e. The van der Waals surface area contributed by atoms with Crippen molar-refractivity contribution in [1.82, 2.24) is 14.5 Å². The summed E-state index contributed by atoms with van der Waals surface area (Å²) in [5, 5.41) is 5.54. The molecule has 34 heavy (non-hydrogen) atoms. The maximum atomic E-state index is 13.1. The number of piperidine rings is 1. The first-order valence-corrected chi connectivity index (χ1v) is 13.6. The number of carbonyl (C=O) groups excluding carboxylic acids is 3. The minimum atomic E-state index is -3.65. The van der Waals surface area contributed by atoms with E-state index in [1.54, 1.807) is 19.1 Å². The van der Waals surface area contributed by atoms with Gasteiger partial charge in [0.25, 0.3) is 5.91 Å². The Balaban J connectivity index is 1.44. The number of nitrogens with zero attached hydrogens (tertiary/aromatic N) is 2. The van der Waals surface area contributed by atoms with Gasteiger partial charge in [-0.05, 0) is 69.1 Å². The van der Waals surface area contributed by atoms with E-state index in [4.69, 9.17) is 0 Å². The van der Waals surface area contributed by atoms with Crippen molar-refractivity contribution in [3.63, 3.8) is 0 Å². The normalized spacial score (nSPS) is 26.1. The molecule has 4 amide bonds. The smallest absolute Gasteiger partial charge is 0.324 e. The number of aryl methyl sites for hydroxylation is 1. The van der Waals surface area contributed by atoms with E-state index in [-0.39, 0.29) is 10.8 Å². The molecule has 1 spiro atoms. The van der Waals surface area contributed by atoms with Crippen LogP contribution >= 0.6 is 0 Å². The second kappa shape index (κ2) is 9.65. The fraction of sp³-hybridized carbons (Fsp3) is 0.625. The average molecular weight is 491 g/mol. The molecule has 2 N–H and O–H groups in total. The molecule has 2 saturated heterocycles. The Hall–Kier alpha value is -2.46. The SMILES string of the molecule is CCC1CCC2(CC1)NC(=O)N(CC(=O)Nc1cc(S(=O)(=O)N3CCCCC3)ccc1C)C2=O. The number of imide groups is 1. The molecule has 1 aliphatic carbocycles. The van der Waals surface area contributed by atoms with Gasteiger partial charge in [-0.2, -0.15) is 4.31 Å².